The predicted octanol–water partition coefficient (Wildman–Crippen LogP) is 4.01. The monoisotopic (exact) mass is 278 g/mol. The number of thioether (sulfide) groups is 1. The van der Waals surface area contributed by atoms with E-state index in [1.165, 1.54) is 23.3 Å². The number of aryl methyl sites for hydroxylation is 1. The maximum atomic E-state index is 11.8. The zero-order valence-corrected chi connectivity index (χ0v) is 12.4. The normalized spacial score (nSPS) is 18.7. The average molecular weight is 278 g/mol. The van der Waals surface area contributed by atoms with Gasteiger partial charge in [0.2, 0.25) is 0 Å². The summed E-state index contributed by atoms with van der Waals surface area (Å²) in [6.45, 7) is 2.99. The van der Waals surface area contributed by atoms with Gasteiger partial charge in [0, 0.05) is 17.9 Å². The molecule has 0 saturated carbocycles. The van der Waals surface area contributed by atoms with Crippen molar-refractivity contribution in [2.75, 3.05) is 12.4 Å². The van der Waals surface area contributed by atoms with E-state index in [0.29, 0.717) is 24.1 Å². The average Bonchev–Trinajstić information content (AvgIpc) is 2.91. The first-order chi connectivity index (χ1) is 9.25. The van der Waals surface area contributed by atoms with Crippen molar-refractivity contribution in [2.45, 2.75) is 50.0 Å². The molecule has 1 aromatic carbocycles. The lowest BCUT2D eigenvalue weighted by Gasteiger charge is -2.08. The Balaban J connectivity index is 1.63. The molecule has 0 N–H and O–H groups in total. The third kappa shape index (κ3) is 5.00. The Morgan fingerprint density at radius 1 is 1.42 bits per heavy atom. The summed E-state index contributed by atoms with van der Waals surface area (Å²) < 4.78 is 5.56. The molecule has 0 bridgehead atoms. The molecule has 0 aliphatic carbocycles. The zero-order valence-electron chi connectivity index (χ0n) is 11.6. The summed E-state index contributed by atoms with van der Waals surface area (Å²) in [7, 11) is 0. The van der Waals surface area contributed by atoms with Gasteiger partial charge in [-0.15, -0.1) is 11.8 Å². The van der Waals surface area contributed by atoms with Crippen LogP contribution in [0.15, 0.2) is 29.2 Å². The molecule has 104 valence electrons. The summed E-state index contributed by atoms with van der Waals surface area (Å²) >= 11 is 1.66. The summed E-state index contributed by atoms with van der Waals surface area (Å²) in [6.07, 6.45) is 5.47. The van der Waals surface area contributed by atoms with Crippen molar-refractivity contribution >= 4 is 17.5 Å². The fraction of sp³-hybridized carbons (Fsp3) is 0.562. The van der Waals surface area contributed by atoms with Crippen LogP contribution in [0.4, 0.5) is 0 Å². The number of Topliss-reactive ketones (excluding diaryl/α,β-unsaturated/α-hetero) is 1. The smallest absolute Gasteiger partial charge is 0.143 e. The molecule has 1 aliphatic heterocycles. The van der Waals surface area contributed by atoms with Crippen molar-refractivity contribution in [3.05, 3.63) is 29.8 Å². The molecule has 1 fully saturated rings. The first-order valence-electron chi connectivity index (χ1n) is 7.07. The fourth-order valence-corrected chi connectivity index (χ4v) is 3.28. The van der Waals surface area contributed by atoms with Crippen LogP contribution < -0.4 is 0 Å². The van der Waals surface area contributed by atoms with Gasteiger partial charge in [0.05, 0.1) is 11.9 Å². The van der Waals surface area contributed by atoms with Crippen molar-refractivity contribution < 1.29 is 9.53 Å². The van der Waals surface area contributed by atoms with Crippen LogP contribution in [0.25, 0.3) is 0 Å². The molecule has 1 unspecified atom stereocenters. The summed E-state index contributed by atoms with van der Waals surface area (Å²) in [4.78, 5) is 13.1. The number of ether oxygens (including phenoxy) is 1. The number of carbonyl (C=O) groups excluding carboxylic acids is 1. The molecule has 2 nitrogen and oxygen atoms in total. The van der Waals surface area contributed by atoms with Gasteiger partial charge in [0.25, 0.3) is 0 Å². The van der Waals surface area contributed by atoms with Gasteiger partial charge < -0.3 is 4.74 Å². The third-order valence-corrected chi connectivity index (χ3v) is 4.72. The number of hydrogen-bond donors (Lipinski definition) is 0. The molecule has 1 aromatic rings. The quantitative estimate of drug-likeness (QED) is 0.705. The van der Waals surface area contributed by atoms with Crippen molar-refractivity contribution in [1.29, 1.82) is 0 Å². The molecule has 0 aromatic heterocycles. The van der Waals surface area contributed by atoms with Crippen molar-refractivity contribution in [2.24, 2.45) is 0 Å². The third-order valence-electron chi connectivity index (χ3n) is 3.49. The number of benzene rings is 1. The Bertz CT molecular complexity index is 411. The van der Waals surface area contributed by atoms with Crippen LogP contribution >= 0.6 is 11.8 Å². The zero-order chi connectivity index (χ0) is 13.5. The summed E-state index contributed by atoms with van der Waals surface area (Å²) in [5.74, 6) is 0.947. The lowest BCUT2D eigenvalue weighted by molar-refractivity contribution is -0.116. The summed E-state index contributed by atoms with van der Waals surface area (Å²) in [6, 6.07) is 8.23. The number of ketones is 1. The minimum atomic E-state index is 0.353. The van der Waals surface area contributed by atoms with Crippen molar-refractivity contribution in [1.82, 2.24) is 0 Å². The predicted molar refractivity (Wildman–Crippen MR) is 79.7 cm³/mol. The SMILES string of the molecule is Cc1ccccc1SCC(=O)CCCC1CCCO1. The van der Waals surface area contributed by atoms with E-state index >= 15 is 0 Å². The van der Waals surface area contributed by atoms with E-state index in [1.54, 1.807) is 11.8 Å². The summed E-state index contributed by atoms with van der Waals surface area (Å²) in [5, 5.41) is 0. The lowest BCUT2D eigenvalue weighted by atomic mass is 10.1. The van der Waals surface area contributed by atoms with Gasteiger partial charge >= 0.3 is 0 Å². The Morgan fingerprint density at radius 3 is 3.00 bits per heavy atom. The number of hydrogen-bond acceptors (Lipinski definition) is 3. The fourth-order valence-electron chi connectivity index (χ4n) is 2.35. The van der Waals surface area contributed by atoms with E-state index in [1.807, 2.05) is 12.1 Å². The molecule has 1 saturated heterocycles. The molecular weight excluding hydrogens is 256 g/mol. The van der Waals surface area contributed by atoms with Gasteiger partial charge in [0.15, 0.2) is 0 Å². The van der Waals surface area contributed by atoms with Gasteiger partial charge in [-0.05, 0) is 44.2 Å². The Morgan fingerprint density at radius 2 is 2.26 bits per heavy atom. The van der Waals surface area contributed by atoms with Crippen LogP contribution in [0.2, 0.25) is 0 Å². The molecule has 3 heteroatoms. The van der Waals surface area contributed by atoms with Crippen molar-refractivity contribution in [3.63, 3.8) is 0 Å². The molecule has 0 radical (unpaired) electrons. The van der Waals surface area contributed by atoms with E-state index in [2.05, 4.69) is 19.1 Å². The van der Waals surface area contributed by atoms with Crippen LogP contribution in [0.1, 0.15) is 37.7 Å². The molecule has 19 heavy (non-hydrogen) atoms. The van der Waals surface area contributed by atoms with E-state index in [0.717, 1.165) is 19.4 Å². The largest absolute Gasteiger partial charge is 0.378 e. The van der Waals surface area contributed by atoms with Gasteiger partial charge in [0.1, 0.15) is 5.78 Å². The maximum absolute atomic E-state index is 11.8. The Labute approximate surface area is 119 Å². The first-order valence-corrected chi connectivity index (χ1v) is 8.06. The minimum Gasteiger partial charge on any atom is -0.378 e. The van der Waals surface area contributed by atoms with Crippen LogP contribution in [-0.4, -0.2) is 24.2 Å². The topological polar surface area (TPSA) is 26.3 Å². The van der Waals surface area contributed by atoms with Crippen molar-refractivity contribution in [3.8, 4) is 0 Å². The lowest BCUT2D eigenvalue weighted by Crippen LogP contribution is -2.07. The molecule has 0 spiro atoms. The second-order valence-corrected chi connectivity index (χ2v) is 6.14. The van der Waals surface area contributed by atoms with Crippen LogP contribution in [0.5, 0.6) is 0 Å². The Hall–Kier alpha value is -0.800. The highest BCUT2D eigenvalue weighted by atomic mass is 32.2. The minimum absolute atomic E-state index is 0.353. The highest BCUT2D eigenvalue weighted by Crippen LogP contribution is 2.23. The second-order valence-electron chi connectivity index (χ2n) is 5.12. The molecular formula is C16H22O2S. The summed E-state index contributed by atoms with van der Waals surface area (Å²) in [5.41, 5.74) is 1.25. The number of carbonyl (C=O) groups is 1. The van der Waals surface area contributed by atoms with Gasteiger partial charge in [-0.1, -0.05) is 18.2 Å². The second kappa shape index (κ2) is 7.71. The van der Waals surface area contributed by atoms with Gasteiger partial charge in [-0.3, -0.25) is 4.79 Å². The van der Waals surface area contributed by atoms with E-state index < -0.39 is 0 Å². The van der Waals surface area contributed by atoms with Gasteiger partial charge in [-0.2, -0.15) is 0 Å². The van der Waals surface area contributed by atoms with E-state index in [-0.39, 0.29) is 0 Å². The first kappa shape index (κ1) is 14.6. The van der Waals surface area contributed by atoms with Crippen LogP contribution in [0.3, 0.4) is 0 Å². The standard InChI is InChI=1S/C16H22O2S/c1-13-6-2-3-10-16(13)19-12-14(17)7-4-8-15-9-5-11-18-15/h2-3,6,10,15H,4-5,7-9,11-12H2,1H3. The van der Waals surface area contributed by atoms with E-state index in [9.17, 15) is 4.79 Å². The maximum Gasteiger partial charge on any atom is 0.143 e. The van der Waals surface area contributed by atoms with Crippen LogP contribution in [0, 0.1) is 6.92 Å². The molecule has 1 atom stereocenters. The molecule has 1 aliphatic rings. The molecule has 2 rings (SSSR count). The Kier molecular flexibility index (Phi) is 5.93. The molecule has 1 heterocycles. The van der Waals surface area contributed by atoms with Gasteiger partial charge in [-0.25, -0.2) is 0 Å². The van der Waals surface area contributed by atoms with E-state index in [4.69, 9.17) is 4.74 Å². The molecule has 0 amide bonds. The highest BCUT2D eigenvalue weighted by molar-refractivity contribution is 8.00. The number of rotatable bonds is 7. The highest BCUT2D eigenvalue weighted by Gasteiger charge is 2.15. The van der Waals surface area contributed by atoms with Crippen LogP contribution in [-0.2, 0) is 9.53 Å².